The highest BCUT2D eigenvalue weighted by Crippen LogP contribution is 2.39. The van der Waals surface area contributed by atoms with Crippen molar-refractivity contribution >= 4 is 28.9 Å². The number of guanidine groups is 1. The standard InChI is InChI=1S/C24H24N4O3/c1-24(2)12-17-20(18(29)13-24)21(14-8-10-15(30-3)11-9-14)27-22(25-17)28-23-26-16-6-4-5-7-19(16)31-23/h4-11,21H,12-13H2,1-3H3,(H2,25,26,27,28)/p+1/t21-/m0/s1. The number of oxazole rings is 1. The van der Waals surface area contributed by atoms with Crippen LogP contribution in [-0.2, 0) is 4.79 Å². The van der Waals surface area contributed by atoms with Gasteiger partial charge in [0.25, 0.3) is 0 Å². The van der Waals surface area contributed by atoms with E-state index in [1.54, 1.807) is 7.11 Å². The van der Waals surface area contributed by atoms with E-state index in [-0.39, 0.29) is 17.2 Å². The molecule has 3 aromatic rings. The summed E-state index contributed by atoms with van der Waals surface area (Å²) in [7, 11) is 1.64. The largest absolute Gasteiger partial charge is 0.497 e. The fourth-order valence-corrected chi connectivity index (χ4v) is 4.33. The molecule has 0 spiro atoms. The van der Waals surface area contributed by atoms with Crippen molar-refractivity contribution in [2.75, 3.05) is 12.4 Å². The molecule has 158 valence electrons. The first-order chi connectivity index (χ1) is 14.9. The average Bonchev–Trinajstić information content (AvgIpc) is 3.14. The molecule has 31 heavy (non-hydrogen) atoms. The summed E-state index contributed by atoms with van der Waals surface area (Å²) in [6.07, 6.45) is 1.30. The number of hydrogen-bond donors (Lipinski definition) is 3. The highest BCUT2D eigenvalue weighted by atomic mass is 16.5. The van der Waals surface area contributed by atoms with Crippen LogP contribution in [0.2, 0.25) is 0 Å². The molecule has 0 radical (unpaired) electrons. The number of ketones is 1. The zero-order valence-electron chi connectivity index (χ0n) is 17.8. The molecule has 1 aliphatic heterocycles. The van der Waals surface area contributed by atoms with E-state index in [0.29, 0.717) is 24.0 Å². The number of allylic oxidation sites excluding steroid dienone is 1. The molecule has 7 heteroatoms. The van der Waals surface area contributed by atoms with Crippen molar-refractivity contribution in [2.45, 2.75) is 32.7 Å². The van der Waals surface area contributed by atoms with Crippen LogP contribution in [0.5, 0.6) is 5.75 Å². The summed E-state index contributed by atoms with van der Waals surface area (Å²) >= 11 is 0. The summed E-state index contributed by atoms with van der Waals surface area (Å²) in [6, 6.07) is 15.5. The van der Waals surface area contributed by atoms with E-state index in [1.165, 1.54) is 0 Å². The van der Waals surface area contributed by atoms with Crippen molar-refractivity contribution in [3.05, 3.63) is 65.4 Å². The number of benzene rings is 2. The van der Waals surface area contributed by atoms with E-state index in [0.717, 1.165) is 34.5 Å². The van der Waals surface area contributed by atoms with Gasteiger partial charge in [-0.2, -0.15) is 10.3 Å². The molecule has 0 fully saturated rings. The lowest BCUT2D eigenvalue weighted by atomic mass is 9.73. The molecule has 1 atom stereocenters. The Labute approximate surface area is 180 Å². The Morgan fingerprint density at radius 3 is 2.68 bits per heavy atom. The lowest BCUT2D eigenvalue weighted by Crippen LogP contribution is -2.82. The summed E-state index contributed by atoms with van der Waals surface area (Å²) in [4.78, 5) is 21.0. The van der Waals surface area contributed by atoms with Gasteiger partial charge in [0.1, 0.15) is 17.3 Å². The van der Waals surface area contributed by atoms with Crippen LogP contribution in [0.3, 0.4) is 0 Å². The minimum Gasteiger partial charge on any atom is -0.497 e. The molecule has 0 saturated carbocycles. The maximum Gasteiger partial charge on any atom is 0.365 e. The Morgan fingerprint density at radius 2 is 1.94 bits per heavy atom. The third-order valence-corrected chi connectivity index (χ3v) is 5.75. The van der Waals surface area contributed by atoms with Gasteiger partial charge in [-0.3, -0.25) is 9.79 Å². The maximum absolute atomic E-state index is 13.1. The van der Waals surface area contributed by atoms with E-state index in [9.17, 15) is 4.79 Å². The summed E-state index contributed by atoms with van der Waals surface area (Å²) in [5.41, 5.74) is 4.09. The summed E-state index contributed by atoms with van der Waals surface area (Å²) in [5.74, 6) is 1.57. The number of methoxy groups -OCH3 is 1. The van der Waals surface area contributed by atoms with Crippen molar-refractivity contribution < 1.29 is 18.9 Å². The number of carbonyl (C=O) groups is 1. The first kappa shape index (κ1) is 19.4. The van der Waals surface area contributed by atoms with Gasteiger partial charge in [-0.05, 0) is 35.2 Å². The number of carbonyl (C=O) groups excluding carboxylic acids is 1. The van der Waals surface area contributed by atoms with Gasteiger partial charge in [0.15, 0.2) is 11.4 Å². The second-order valence-electron chi connectivity index (χ2n) is 8.80. The smallest absolute Gasteiger partial charge is 0.365 e. The number of hydrogen-bond acceptors (Lipinski definition) is 6. The van der Waals surface area contributed by atoms with Crippen LogP contribution in [-0.4, -0.2) is 23.8 Å². The lowest BCUT2D eigenvalue weighted by Gasteiger charge is -2.34. The minimum absolute atomic E-state index is 0.104. The molecule has 5 rings (SSSR count). The second kappa shape index (κ2) is 7.27. The Balaban J connectivity index is 1.53. The van der Waals surface area contributed by atoms with Crippen LogP contribution >= 0.6 is 0 Å². The van der Waals surface area contributed by atoms with E-state index in [4.69, 9.17) is 9.15 Å². The molecule has 1 aliphatic carbocycles. The van der Waals surface area contributed by atoms with E-state index >= 15 is 0 Å². The number of rotatable bonds is 3. The number of Topliss-reactive ketones (excluding diaryl/α,β-unsaturated/α-hetero) is 1. The topological polar surface area (TPSA) is 90.4 Å². The fourth-order valence-electron chi connectivity index (χ4n) is 4.33. The molecule has 0 amide bonds. The maximum atomic E-state index is 13.1. The number of ether oxygens (including phenoxy) is 1. The zero-order chi connectivity index (χ0) is 21.6. The van der Waals surface area contributed by atoms with Gasteiger partial charge in [0.2, 0.25) is 0 Å². The summed E-state index contributed by atoms with van der Waals surface area (Å²) < 4.78 is 11.1. The van der Waals surface area contributed by atoms with Crippen molar-refractivity contribution in [2.24, 2.45) is 5.41 Å². The number of para-hydroxylation sites is 2. The normalized spacial score (nSPS) is 20.2. The number of fused-ring (bicyclic) bond motifs is 1. The molecule has 0 bridgehead atoms. The van der Waals surface area contributed by atoms with Gasteiger partial charge in [-0.15, -0.1) is 0 Å². The van der Waals surface area contributed by atoms with E-state index < -0.39 is 0 Å². The van der Waals surface area contributed by atoms with Crippen LogP contribution in [0.25, 0.3) is 11.1 Å². The third-order valence-electron chi connectivity index (χ3n) is 5.75. The number of nitrogens with one attached hydrogen (secondary N) is 3. The molecule has 3 N–H and O–H groups in total. The first-order valence-electron chi connectivity index (χ1n) is 10.4. The Bertz CT molecular complexity index is 1190. The average molecular weight is 417 g/mol. The van der Waals surface area contributed by atoms with E-state index in [1.807, 2.05) is 48.5 Å². The fraction of sp³-hybridized carbons (Fsp3) is 0.292. The molecular weight excluding hydrogens is 392 g/mol. The monoisotopic (exact) mass is 417 g/mol. The number of anilines is 1. The molecule has 0 saturated heterocycles. The van der Waals surface area contributed by atoms with Crippen LogP contribution in [0.4, 0.5) is 6.01 Å². The quantitative estimate of drug-likeness (QED) is 0.607. The van der Waals surface area contributed by atoms with Gasteiger partial charge >= 0.3 is 12.0 Å². The Morgan fingerprint density at radius 1 is 1.16 bits per heavy atom. The van der Waals surface area contributed by atoms with Crippen molar-refractivity contribution in [1.29, 1.82) is 0 Å². The van der Waals surface area contributed by atoms with Crippen LogP contribution in [0.1, 0.15) is 38.3 Å². The highest BCUT2D eigenvalue weighted by Gasteiger charge is 2.42. The zero-order valence-corrected chi connectivity index (χ0v) is 17.8. The molecular formula is C24H25N4O3+. The highest BCUT2D eigenvalue weighted by molar-refractivity contribution is 6.01. The molecule has 0 unspecified atom stereocenters. The van der Waals surface area contributed by atoms with Gasteiger partial charge in [0.05, 0.1) is 18.4 Å². The van der Waals surface area contributed by atoms with Gasteiger partial charge in [-0.25, -0.2) is 5.32 Å². The predicted octanol–water partition coefficient (Wildman–Crippen LogP) is 2.67. The van der Waals surface area contributed by atoms with Crippen molar-refractivity contribution in [3.63, 3.8) is 0 Å². The molecule has 2 heterocycles. The third kappa shape index (κ3) is 3.67. The van der Waals surface area contributed by atoms with Crippen molar-refractivity contribution in [1.82, 2.24) is 10.3 Å². The second-order valence-corrected chi connectivity index (χ2v) is 8.80. The Kier molecular flexibility index (Phi) is 4.54. The van der Waals surface area contributed by atoms with E-state index in [2.05, 4.69) is 34.5 Å². The number of aromatic nitrogens is 1. The lowest BCUT2D eigenvalue weighted by molar-refractivity contribution is -0.502. The summed E-state index contributed by atoms with van der Waals surface area (Å²) in [6.45, 7) is 4.24. The van der Waals surface area contributed by atoms with Gasteiger partial charge < -0.3 is 9.15 Å². The Hall–Kier alpha value is -3.61. The molecule has 2 aromatic carbocycles. The minimum atomic E-state index is -0.280. The van der Waals surface area contributed by atoms with Crippen LogP contribution in [0, 0.1) is 5.41 Å². The van der Waals surface area contributed by atoms with Gasteiger partial charge in [-0.1, -0.05) is 38.1 Å². The SMILES string of the molecule is COc1ccc([C@@H]2[NH+]=C(Nc3nc4ccccc4o3)NC3=C2C(=O)CC(C)(C)C3)cc1. The molecule has 1 aromatic heterocycles. The first-order valence-corrected chi connectivity index (χ1v) is 10.4. The molecule has 7 nitrogen and oxygen atoms in total. The van der Waals surface area contributed by atoms with Crippen molar-refractivity contribution in [3.8, 4) is 5.75 Å². The summed E-state index contributed by atoms with van der Waals surface area (Å²) in [5, 5.41) is 6.60. The van der Waals surface area contributed by atoms with Crippen LogP contribution < -0.4 is 20.4 Å². The van der Waals surface area contributed by atoms with Gasteiger partial charge in [0, 0.05) is 12.8 Å². The molecule has 2 aliphatic rings. The predicted molar refractivity (Wildman–Crippen MR) is 118 cm³/mol. The van der Waals surface area contributed by atoms with Crippen LogP contribution in [0.15, 0.2) is 64.2 Å². The number of nitrogens with zero attached hydrogens (tertiary/aromatic N) is 1.